The number of ether oxygens (including phenoxy) is 2. The van der Waals surface area contributed by atoms with Gasteiger partial charge in [0.15, 0.2) is 5.88 Å². The highest BCUT2D eigenvalue weighted by molar-refractivity contribution is 5.49. The zero-order valence-electron chi connectivity index (χ0n) is 9.93. The van der Waals surface area contributed by atoms with E-state index in [1.165, 1.54) is 6.42 Å². The fourth-order valence-corrected chi connectivity index (χ4v) is 2.37. The van der Waals surface area contributed by atoms with Crippen LogP contribution in [0.15, 0.2) is 24.4 Å². The van der Waals surface area contributed by atoms with E-state index >= 15 is 0 Å². The van der Waals surface area contributed by atoms with Crippen molar-refractivity contribution in [3.8, 4) is 5.88 Å². The van der Waals surface area contributed by atoms with E-state index in [1.54, 1.807) is 7.11 Å². The summed E-state index contributed by atoms with van der Waals surface area (Å²) in [5.41, 5.74) is 1.05. The molecule has 0 radical (unpaired) electrons. The lowest BCUT2D eigenvalue weighted by molar-refractivity contribution is 0.00883. The molecule has 2 aromatic heterocycles. The molecule has 1 aliphatic rings. The summed E-state index contributed by atoms with van der Waals surface area (Å²) >= 11 is 0. The van der Waals surface area contributed by atoms with Crippen LogP contribution in [0.1, 0.15) is 31.2 Å². The first-order valence-electron chi connectivity index (χ1n) is 6.02. The monoisotopic (exact) mass is 232 g/mol. The minimum Gasteiger partial charge on any atom is -0.482 e. The summed E-state index contributed by atoms with van der Waals surface area (Å²) < 4.78 is 13.2. The second kappa shape index (κ2) is 4.37. The Bertz CT molecular complexity index is 515. The van der Waals surface area contributed by atoms with Crippen LogP contribution in [0.3, 0.4) is 0 Å². The van der Waals surface area contributed by atoms with Crippen molar-refractivity contribution in [3.63, 3.8) is 0 Å². The average Bonchev–Trinajstić information content (AvgIpc) is 2.83. The molecule has 0 aliphatic carbocycles. The molecule has 1 fully saturated rings. The Morgan fingerprint density at radius 1 is 1.41 bits per heavy atom. The minimum atomic E-state index is 0.0996. The van der Waals surface area contributed by atoms with Gasteiger partial charge in [0.2, 0.25) is 0 Å². The van der Waals surface area contributed by atoms with Gasteiger partial charge in [-0.2, -0.15) is 0 Å². The van der Waals surface area contributed by atoms with Crippen LogP contribution in [-0.2, 0) is 4.74 Å². The molecule has 0 saturated carbocycles. The number of rotatable bonds is 2. The van der Waals surface area contributed by atoms with Gasteiger partial charge in [0.1, 0.15) is 11.9 Å². The first kappa shape index (κ1) is 10.6. The third kappa shape index (κ3) is 1.78. The van der Waals surface area contributed by atoms with Crippen LogP contribution in [0.2, 0.25) is 0 Å². The molecule has 0 amide bonds. The van der Waals surface area contributed by atoms with E-state index in [4.69, 9.17) is 9.47 Å². The highest BCUT2D eigenvalue weighted by atomic mass is 16.5. The molecule has 3 rings (SSSR count). The first-order chi connectivity index (χ1) is 8.40. The second-order valence-electron chi connectivity index (χ2n) is 4.30. The van der Waals surface area contributed by atoms with Crippen molar-refractivity contribution < 1.29 is 9.47 Å². The molecular weight excluding hydrogens is 216 g/mol. The van der Waals surface area contributed by atoms with Crippen molar-refractivity contribution in [2.24, 2.45) is 0 Å². The average molecular weight is 232 g/mol. The normalized spacial score (nSPS) is 20.6. The summed E-state index contributed by atoms with van der Waals surface area (Å²) in [6, 6.07) is 5.95. The van der Waals surface area contributed by atoms with Crippen LogP contribution < -0.4 is 4.74 Å². The predicted molar refractivity (Wildman–Crippen MR) is 64.3 cm³/mol. The number of aromatic nitrogens is 2. The van der Waals surface area contributed by atoms with Crippen molar-refractivity contribution in [2.45, 2.75) is 25.4 Å². The molecule has 1 unspecified atom stereocenters. The van der Waals surface area contributed by atoms with E-state index in [0.29, 0.717) is 0 Å². The Balaban J connectivity index is 2.09. The molecule has 4 heteroatoms. The number of pyridine rings is 1. The summed E-state index contributed by atoms with van der Waals surface area (Å²) in [5, 5.41) is 0. The molecule has 1 atom stereocenters. The number of hydrogen-bond acceptors (Lipinski definition) is 3. The molecule has 1 aliphatic heterocycles. The quantitative estimate of drug-likeness (QED) is 0.798. The molecule has 0 N–H and O–H groups in total. The summed E-state index contributed by atoms with van der Waals surface area (Å²) in [5.74, 6) is 1.77. The van der Waals surface area contributed by atoms with E-state index in [9.17, 15) is 0 Å². The van der Waals surface area contributed by atoms with Gasteiger partial charge in [0.25, 0.3) is 0 Å². The summed E-state index contributed by atoms with van der Waals surface area (Å²) in [6.45, 7) is 0.828. The van der Waals surface area contributed by atoms with Crippen LogP contribution in [0.5, 0.6) is 5.88 Å². The molecule has 0 spiro atoms. The predicted octanol–water partition coefficient (Wildman–Crippen LogP) is 2.58. The number of methoxy groups -OCH3 is 1. The number of imidazole rings is 1. The van der Waals surface area contributed by atoms with Crippen LogP contribution in [-0.4, -0.2) is 23.1 Å². The molecule has 17 heavy (non-hydrogen) atoms. The summed E-state index contributed by atoms with van der Waals surface area (Å²) in [6.07, 6.45) is 5.36. The molecule has 3 heterocycles. The van der Waals surface area contributed by atoms with E-state index in [1.807, 2.05) is 28.8 Å². The maximum atomic E-state index is 5.79. The van der Waals surface area contributed by atoms with Gasteiger partial charge in [-0.15, -0.1) is 0 Å². The van der Waals surface area contributed by atoms with E-state index in [2.05, 4.69) is 4.98 Å². The van der Waals surface area contributed by atoms with Crippen LogP contribution >= 0.6 is 0 Å². The third-order valence-electron chi connectivity index (χ3n) is 3.22. The number of hydrogen-bond donors (Lipinski definition) is 0. The fourth-order valence-electron chi connectivity index (χ4n) is 2.37. The Morgan fingerprint density at radius 2 is 2.35 bits per heavy atom. The van der Waals surface area contributed by atoms with E-state index < -0.39 is 0 Å². The van der Waals surface area contributed by atoms with Crippen molar-refractivity contribution in [2.75, 3.05) is 13.7 Å². The zero-order chi connectivity index (χ0) is 11.7. The maximum Gasteiger partial charge on any atom is 0.199 e. The van der Waals surface area contributed by atoms with Crippen LogP contribution in [0, 0.1) is 0 Å². The van der Waals surface area contributed by atoms with Crippen LogP contribution in [0.25, 0.3) is 5.52 Å². The Morgan fingerprint density at radius 3 is 3.12 bits per heavy atom. The Labute approximate surface area is 100 Å². The minimum absolute atomic E-state index is 0.0996. The Kier molecular flexibility index (Phi) is 2.73. The molecular formula is C13H16N2O2. The molecule has 90 valence electrons. The highest BCUT2D eigenvalue weighted by Gasteiger charge is 2.21. The Hall–Kier alpha value is -1.55. The van der Waals surface area contributed by atoms with Crippen molar-refractivity contribution in [3.05, 3.63) is 30.2 Å². The SMILES string of the molecule is COc1cccc2cnc(C3CCCCO3)n12. The molecule has 2 aromatic rings. The molecule has 1 saturated heterocycles. The molecule has 4 nitrogen and oxygen atoms in total. The first-order valence-corrected chi connectivity index (χ1v) is 6.02. The lowest BCUT2D eigenvalue weighted by Crippen LogP contribution is -2.14. The zero-order valence-corrected chi connectivity index (χ0v) is 9.93. The topological polar surface area (TPSA) is 35.8 Å². The molecule has 0 aromatic carbocycles. The van der Waals surface area contributed by atoms with Gasteiger partial charge in [-0.1, -0.05) is 6.07 Å². The lowest BCUT2D eigenvalue weighted by Gasteiger charge is -2.22. The summed E-state index contributed by atoms with van der Waals surface area (Å²) in [4.78, 5) is 4.49. The number of fused-ring (bicyclic) bond motifs is 1. The van der Waals surface area contributed by atoms with Gasteiger partial charge in [-0.25, -0.2) is 4.98 Å². The highest BCUT2D eigenvalue weighted by Crippen LogP contribution is 2.29. The number of nitrogens with zero attached hydrogens (tertiary/aromatic N) is 2. The molecule has 0 bridgehead atoms. The van der Waals surface area contributed by atoms with Crippen LogP contribution in [0.4, 0.5) is 0 Å². The third-order valence-corrected chi connectivity index (χ3v) is 3.22. The maximum absolute atomic E-state index is 5.79. The fraction of sp³-hybridized carbons (Fsp3) is 0.462. The van der Waals surface area contributed by atoms with Gasteiger partial charge in [-0.05, 0) is 31.4 Å². The van der Waals surface area contributed by atoms with Crippen molar-refractivity contribution in [1.82, 2.24) is 9.38 Å². The van der Waals surface area contributed by atoms with Gasteiger partial charge in [-0.3, -0.25) is 4.40 Å². The van der Waals surface area contributed by atoms with Crippen molar-refractivity contribution >= 4 is 5.52 Å². The van der Waals surface area contributed by atoms with Gasteiger partial charge < -0.3 is 9.47 Å². The lowest BCUT2D eigenvalue weighted by atomic mass is 10.1. The van der Waals surface area contributed by atoms with E-state index in [0.717, 1.165) is 36.7 Å². The summed E-state index contributed by atoms with van der Waals surface area (Å²) in [7, 11) is 1.68. The standard InChI is InChI=1S/C13H16N2O2/c1-16-12-7-4-5-10-9-14-13(15(10)12)11-6-2-3-8-17-11/h4-5,7,9,11H,2-3,6,8H2,1H3. The van der Waals surface area contributed by atoms with Crippen molar-refractivity contribution in [1.29, 1.82) is 0 Å². The van der Waals surface area contributed by atoms with Gasteiger partial charge >= 0.3 is 0 Å². The largest absolute Gasteiger partial charge is 0.482 e. The van der Waals surface area contributed by atoms with E-state index in [-0.39, 0.29) is 6.10 Å². The second-order valence-corrected chi connectivity index (χ2v) is 4.30. The smallest absolute Gasteiger partial charge is 0.199 e. The van der Waals surface area contributed by atoms with Gasteiger partial charge in [0.05, 0.1) is 18.8 Å². The van der Waals surface area contributed by atoms with Gasteiger partial charge in [0, 0.05) is 6.61 Å².